The van der Waals surface area contributed by atoms with Crippen molar-refractivity contribution in [2.75, 3.05) is 5.32 Å². The van der Waals surface area contributed by atoms with E-state index in [1.807, 2.05) is 20.8 Å². The largest absolute Gasteiger partial charge is 0.365 e. The van der Waals surface area contributed by atoms with Gasteiger partial charge in [0.15, 0.2) is 0 Å². The minimum absolute atomic E-state index is 0.248. The van der Waals surface area contributed by atoms with Gasteiger partial charge in [0.2, 0.25) is 5.91 Å². The predicted molar refractivity (Wildman–Crippen MR) is 90.3 cm³/mol. The molecular weight excluding hydrogens is 368 g/mol. The molecule has 0 fully saturated rings. The summed E-state index contributed by atoms with van der Waals surface area (Å²) in [5.41, 5.74) is 7.45. The van der Waals surface area contributed by atoms with Gasteiger partial charge in [0.1, 0.15) is 11.0 Å². The standard InChI is InChI=1S/C14H17BrN4O2S/c1-6-9(4)22-14(11(6)12(16)20)18-13(21)8(3)19-7(2)10(15)5-17-19/h5,8H,1-4H3,(H2,16,20)(H,18,21). The van der Waals surface area contributed by atoms with Gasteiger partial charge in [-0.3, -0.25) is 14.3 Å². The molecule has 1 unspecified atom stereocenters. The van der Waals surface area contributed by atoms with Gasteiger partial charge in [-0.2, -0.15) is 5.10 Å². The molecule has 2 aromatic rings. The fraction of sp³-hybridized carbons (Fsp3) is 0.357. The van der Waals surface area contributed by atoms with Gasteiger partial charge in [0, 0.05) is 4.88 Å². The summed E-state index contributed by atoms with van der Waals surface area (Å²) in [5, 5.41) is 7.46. The number of carbonyl (C=O) groups excluding carboxylic acids is 2. The average molecular weight is 385 g/mol. The Morgan fingerprint density at radius 1 is 1.41 bits per heavy atom. The highest BCUT2D eigenvalue weighted by atomic mass is 79.9. The van der Waals surface area contributed by atoms with Crippen LogP contribution in [0.1, 0.15) is 39.5 Å². The van der Waals surface area contributed by atoms with Crippen LogP contribution in [-0.4, -0.2) is 21.6 Å². The van der Waals surface area contributed by atoms with E-state index in [1.165, 1.54) is 11.3 Å². The number of carbonyl (C=O) groups is 2. The Labute approximate surface area is 140 Å². The van der Waals surface area contributed by atoms with Gasteiger partial charge in [-0.05, 0) is 49.2 Å². The highest BCUT2D eigenvalue weighted by molar-refractivity contribution is 9.10. The molecule has 3 N–H and O–H groups in total. The lowest BCUT2D eigenvalue weighted by molar-refractivity contribution is -0.119. The smallest absolute Gasteiger partial charge is 0.251 e. The van der Waals surface area contributed by atoms with Crippen LogP contribution in [0.25, 0.3) is 0 Å². The normalized spacial score (nSPS) is 12.2. The zero-order valence-corrected chi connectivity index (χ0v) is 15.1. The Balaban J connectivity index is 2.28. The first kappa shape index (κ1) is 16.7. The summed E-state index contributed by atoms with van der Waals surface area (Å²) in [6.45, 7) is 7.33. The molecular formula is C14H17BrN4O2S. The van der Waals surface area contributed by atoms with Crippen molar-refractivity contribution in [3.63, 3.8) is 0 Å². The van der Waals surface area contributed by atoms with E-state index in [4.69, 9.17) is 5.73 Å². The zero-order valence-electron chi connectivity index (χ0n) is 12.7. The van der Waals surface area contributed by atoms with Crippen LogP contribution >= 0.6 is 27.3 Å². The maximum Gasteiger partial charge on any atom is 0.251 e. The summed E-state index contributed by atoms with van der Waals surface area (Å²) in [5.74, 6) is -0.787. The average Bonchev–Trinajstić information content (AvgIpc) is 2.90. The van der Waals surface area contributed by atoms with Crippen LogP contribution in [0, 0.1) is 20.8 Å². The van der Waals surface area contributed by atoms with E-state index >= 15 is 0 Å². The molecule has 2 rings (SSSR count). The summed E-state index contributed by atoms with van der Waals surface area (Å²) in [4.78, 5) is 25.0. The number of primary amides is 1. The number of rotatable bonds is 4. The van der Waals surface area contributed by atoms with Crippen molar-refractivity contribution in [2.24, 2.45) is 5.73 Å². The lowest BCUT2D eigenvalue weighted by Gasteiger charge is -2.14. The number of aryl methyl sites for hydroxylation is 1. The zero-order chi connectivity index (χ0) is 16.6. The molecule has 118 valence electrons. The summed E-state index contributed by atoms with van der Waals surface area (Å²) in [6, 6.07) is -0.505. The van der Waals surface area contributed by atoms with Gasteiger partial charge in [0.25, 0.3) is 5.91 Å². The quantitative estimate of drug-likeness (QED) is 0.848. The second-order valence-corrected chi connectivity index (χ2v) is 7.12. The Kier molecular flexibility index (Phi) is 4.72. The van der Waals surface area contributed by atoms with Gasteiger partial charge < -0.3 is 11.1 Å². The van der Waals surface area contributed by atoms with Crippen molar-refractivity contribution < 1.29 is 9.59 Å². The number of anilines is 1. The second-order valence-electron chi connectivity index (χ2n) is 5.04. The number of amides is 2. The van der Waals surface area contributed by atoms with E-state index < -0.39 is 11.9 Å². The van der Waals surface area contributed by atoms with Crippen molar-refractivity contribution in [3.05, 3.63) is 32.4 Å². The van der Waals surface area contributed by atoms with Crippen LogP contribution in [0.5, 0.6) is 0 Å². The molecule has 2 aromatic heterocycles. The molecule has 0 aromatic carbocycles. The van der Waals surface area contributed by atoms with E-state index in [9.17, 15) is 9.59 Å². The van der Waals surface area contributed by atoms with Crippen LogP contribution in [0.15, 0.2) is 10.7 Å². The monoisotopic (exact) mass is 384 g/mol. The Bertz CT molecular complexity index is 750. The second kappa shape index (κ2) is 6.21. The minimum Gasteiger partial charge on any atom is -0.365 e. The van der Waals surface area contributed by atoms with Crippen LogP contribution in [0.2, 0.25) is 0 Å². The number of nitrogens with two attached hydrogens (primary N) is 1. The summed E-state index contributed by atoms with van der Waals surface area (Å²) in [6.07, 6.45) is 1.65. The molecule has 0 bridgehead atoms. The fourth-order valence-corrected chi connectivity index (χ4v) is 3.47. The molecule has 0 aliphatic rings. The number of thiophene rings is 1. The topological polar surface area (TPSA) is 90.0 Å². The number of aromatic nitrogens is 2. The van der Waals surface area contributed by atoms with Crippen molar-refractivity contribution in [2.45, 2.75) is 33.7 Å². The lowest BCUT2D eigenvalue weighted by Crippen LogP contribution is -2.26. The van der Waals surface area contributed by atoms with Crippen LogP contribution in [-0.2, 0) is 4.79 Å². The van der Waals surface area contributed by atoms with E-state index in [1.54, 1.807) is 17.8 Å². The summed E-state index contributed by atoms with van der Waals surface area (Å²) in [7, 11) is 0. The highest BCUT2D eigenvalue weighted by Gasteiger charge is 2.23. The lowest BCUT2D eigenvalue weighted by atomic mass is 10.1. The highest BCUT2D eigenvalue weighted by Crippen LogP contribution is 2.32. The van der Waals surface area contributed by atoms with Crippen molar-refractivity contribution in [3.8, 4) is 0 Å². The van der Waals surface area contributed by atoms with Crippen LogP contribution in [0.3, 0.4) is 0 Å². The van der Waals surface area contributed by atoms with Crippen LogP contribution < -0.4 is 11.1 Å². The third kappa shape index (κ3) is 2.93. The fourth-order valence-electron chi connectivity index (χ4n) is 2.13. The third-order valence-electron chi connectivity index (χ3n) is 3.60. The molecule has 8 heteroatoms. The molecule has 2 heterocycles. The number of halogens is 1. The molecule has 0 aliphatic heterocycles. The van der Waals surface area contributed by atoms with Gasteiger partial charge in [-0.25, -0.2) is 0 Å². The number of nitrogens with one attached hydrogen (secondary N) is 1. The minimum atomic E-state index is -0.539. The number of hydrogen-bond acceptors (Lipinski definition) is 4. The molecule has 22 heavy (non-hydrogen) atoms. The molecule has 0 saturated heterocycles. The van der Waals surface area contributed by atoms with Crippen LogP contribution in [0.4, 0.5) is 5.00 Å². The first-order valence-corrected chi connectivity index (χ1v) is 8.25. The van der Waals surface area contributed by atoms with Gasteiger partial charge in [-0.15, -0.1) is 11.3 Å². The SMILES string of the molecule is Cc1sc(NC(=O)C(C)n2ncc(Br)c2C)c(C(N)=O)c1C. The van der Waals surface area contributed by atoms with Crippen molar-refractivity contribution >= 4 is 44.1 Å². The maximum absolute atomic E-state index is 12.4. The molecule has 1 atom stereocenters. The molecule has 0 saturated carbocycles. The maximum atomic E-state index is 12.4. The number of nitrogens with zero attached hydrogens (tertiary/aromatic N) is 2. The van der Waals surface area contributed by atoms with Crippen molar-refractivity contribution in [1.29, 1.82) is 0 Å². The number of hydrogen-bond donors (Lipinski definition) is 2. The molecule has 0 radical (unpaired) electrons. The first-order chi connectivity index (χ1) is 10.2. The van der Waals surface area contributed by atoms with Crippen molar-refractivity contribution in [1.82, 2.24) is 9.78 Å². The molecule has 2 amide bonds. The predicted octanol–water partition coefficient (Wildman–Crippen LogP) is 2.93. The van der Waals surface area contributed by atoms with E-state index in [-0.39, 0.29) is 5.91 Å². The molecule has 0 aliphatic carbocycles. The Hall–Kier alpha value is -1.67. The molecule has 6 nitrogen and oxygen atoms in total. The first-order valence-electron chi connectivity index (χ1n) is 6.64. The third-order valence-corrected chi connectivity index (χ3v) is 5.50. The summed E-state index contributed by atoms with van der Waals surface area (Å²) < 4.78 is 2.46. The Morgan fingerprint density at radius 3 is 2.55 bits per heavy atom. The van der Waals surface area contributed by atoms with E-state index in [2.05, 4.69) is 26.3 Å². The van der Waals surface area contributed by atoms with Gasteiger partial charge >= 0.3 is 0 Å². The van der Waals surface area contributed by atoms with E-state index in [0.717, 1.165) is 20.6 Å². The van der Waals surface area contributed by atoms with Gasteiger partial charge in [0.05, 0.1) is 21.9 Å². The van der Waals surface area contributed by atoms with E-state index in [0.29, 0.717) is 10.6 Å². The van der Waals surface area contributed by atoms with Gasteiger partial charge in [-0.1, -0.05) is 0 Å². The Morgan fingerprint density at radius 2 is 2.05 bits per heavy atom. The molecule has 0 spiro atoms. The summed E-state index contributed by atoms with van der Waals surface area (Å²) >= 11 is 4.72.